The highest BCUT2D eigenvalue weighted by molar-refractivity contribution is 6.32. The molecule has 0 saturated heterocycles. The summed E-state index contributed by atoms with van der Waals surface area (Å²) in [4.78, 5) is 22.0. The zero-order valence-electron chi connectivity index (χ0n) is 11.7. The number of urea groups is 1. The number of ether oxygens (including phenoxy) is 2. The van der Waals surface area contributed by atoms with Crippen LogP contribution in [0.15, 0.2) is 12.1 Å². The number of carboxylic acids is 1. The van der Waals surface area contributed by atoms with E-state index in [1.807, 2.05) is 0 Å². The number of carboxylic acid groups (broad SMARTS) is 1. The lowest BCUT2D eigenvalue weighted by molar-refractivity contribution is -0.137. The van der Waals surface area contributed by atoms with Crippen molar-refractivity contribution in [2.24, 2.45) is 0 Å². The van der Waals surface area contributed by atoms with Gasteiger partial charge in [0, 0.05) is 19.0 Å². The topological polar surface area (TPSA) is 96.9 Å². The Morgan fingerprint density at radius 1 is 1.24 bits per heavy atom. The van der Waals surface area contributed by atoms with Gasteiger partial charge in [0.15, 0.2) is 0 Å². The molecule has 0 aliphatic heterocycles. The summed E-state index contributed by atoms with van der Waals surface area (Å²) in [7, 11) is 2.93. The van der Waals surface area contributed by atoms with Crippen molar-refractivity contribution in [3.63, 3.8) is 0 Å². The fraction of sp³-hybridized carbons (Fsp3) is 0.385. The molecule has 0 radical (unpaired) electrons. The first-order valence-electron chi connectivity index (χ1n) is 6.16. The van der Waals surface area contributed by atoms with E-state index >= 15 is 0 Å². The van der Waals surface area contributed by atoms with E-state index in [9.17, 15) is 9.59 Å². The number of benzene rings is 1. The molecule has 1 rings (SSSR count). The molecule has 0 aliphatic carbocycles. The number of aliphatic carboxylic acids is 1. The SMILES string of the molecule is COc1cc(OC)c(NC(=O)NCCCC(=O)O)cc1Cl. The average molecular weight is 317 g/mol. The lowest BCUT2D eigenvalue weighted by Crippen LogP contribution is -2.30. The molecule has 1 aromatic rings. The van der Waals surface area contributed by atoms with Crippen molar-refractivity contribution in [1.82, 2.24) is 5.32 Å². The van der Waals surface area contributed by atoms with Gasteiger partial charge in [-0.2, -0.15) is 0 Å². The number of carbonyl (C=O) groups is 2. The highest BCUT2D eigenvalue weighted by atomic mass is 35.5. The van der Waals surface area contributed by atoms with Crippen LogP contribution in [0.4, 0.5) is 10.5 Å². The van der Waals surface area contributed by atoms with E-state index in [2.05, 4.69) is 10.6 Å². The number of rotatable bonds is 7. The van der Waals surface area contributed by atoms with Gasteiger partial charge >= 0.3 is 12.0 Å². The molecule has 0 heterocycles. The Hall–Kier alpha value is -2.15. The number of halogens is 1. The summed E-state index contributed by atoms with van der Waals surface area (Å²) >= 11 is 5.99. The number of carbonyl (C=O) groups excluding carboxylic acids is 1. The van der Waals surface area contributed by atoms with Gasteiger partial charge in [0.1, 0.15) is 11.5 Å². The fourth-order valence-corrected chi connectivity index (χ4v) is 1.81. The monoisotopic (exact) mass is 316 g/mol. The van der Waals surface area contributed by atoms with Crippen LogP contribution in [0, 0.1) is 0 Å². The van der Waals surface area contributed by atoms with Crippen LogP contribution < -0.4 is 20.1 Å². The third kappa shape index (κ3) is 5.39. The van der Waals surface area contributed by atoms with Gasteiger partial charge in [-0.25, -0.2) is 4.79 Å². The third-order valence-electron chi connectivity index (χ3n) is 2.58. The van der Waals surface area contributed by atoms with Crippen LogP contribution in [-0.2, 0) is 4.79 Å². The molecule has 1 aromatic carbocycles. The number of anilines is 1. The minimum absolute atomic E-state index is 0.00202. The summed E-state index contributed by atoms with van der Waals surface area (Å²) in [6, 6.07) is 2.60. The van der Waals surface area contributed by atoms with Gasteiger partial charge in [-0.05, 0) is 12.5 Å². The quantitative estimate of drug-likeness (QED) is 0.671. The molecule has 0 spiro atoms. The van der Waals surface area contributed by atoms with Crippen LogP contribution in [0.3, 0.4) is 0 Å². The lowest BCUT2D eigenvalue weighted by Gasteiger charge is -2.13. The highest BCUT2D eigenvalue weighted by Gasteiger charge is 2.12. The van der Waals surface area contributed by atoms with Crippen molar-refractivity contribution in [3.8, 4) is 11.5 Å². The first kappa shape index (κ1) is 16.9. The summed E-state index contributed by atoms with van der Waals surface area (Å²) in [5, 5.41) is 13.9. The maximum atomic E-state index is 11.7. The van der Waals surface area contributed by atoms with E-state index in [-0.39, 0.29) is 13.0 Å². The van der Waals surface area contributed by atoms with Gasteiger partial charge in [0.2, 0.25) is 0 Å². The van der Waals surface area contributed by atoms with Crippen LogP contribution >= 0.6 is 11.6 Å². The molecular formula is C13H17ClN2O5. The molecule has 7 nitrogen and oxygen atoms in total. The molecule has 8 heteroatoms. The summed E-state index contributed by atoms with van der Waals surface area (Å²) in [6.45, 7) is 0.254. The largest absolute Gasteiger partial charge is 0.495 e. The average Bonchev–Trinajstić information content (AvgIpc) is 2.43. The zero-order valence-corrected chi connectivity index (χ0v) is 12.5. The number of amides is 2. The standard InChI is InChI=1S/C13H17ClN2O5/c1-20-10-7-11(21-2)9(6-8(10)14)16-13(19)15-5-3-4-12(17)18/h6-7H,3-5H2,1-2H3,(H,17,18)(H2,15,16,19). The van der Waals surface area contributed by atoms with Crippen LogP contribution in [0.5, 0.6) is 11.5 Å². The van der Waals surface area contributed by atoms with Crippen molar-refractivity contribution in [2.45, 2.75) is 12.8 Å². The molecule has 3 N–H and O–H groups in total. The summed E-state index contributed by atoms with van der Waals surface area (Å²) < 4.78 is 10.2. The van der Waals surface area contributed by atoms with Gasteiger partial charge in [0.05, 0.1) is 24.9 Å². The lowest BCUT2D eigenvalue weighted by atomic mass is 10.2. The van der Waals surface area contributed by atoms with Crippen molar-refractivity contribution in [3.05, 3.63) is 17.2 Å². The minimum atomic E-state index is -0.902. The van der Waals surface area contributed by atoms with Crippen LogP contribution in [0.1, 0.15) is 12.8 Å². The molecule has 116 valence electrons. The van der Waals surface area contributed by atoms with Crippen molar-refractivity contribution in [1.29, 1.82) is 0 Å². The number of hydrogen-bond donors (Lipinski definition) is 3. The predicted molar refractivity (Wildman–Crippen MR) is 78.4 cm³/mol. The smallest absolute Gasteiger partial charge is 0.319 e. The van der Waals surface area contributed by atoms with Gasteiger partial charge in [-0.3, -0.25) is 4.79 Å². The van der Waals surface area contributed by atoms with Crippen molar-refractivity contribution in [2.75, 3.05) is 26.1 Å². The van der Waals surface area contributed by atoms with Gasteiger partial charge in [-0.15, -0.1) is 0 Å². The third-order valence-corrected chi connectivity index (χ3v) is 2.87. The minimum Gasteiger partial charge on any atom is -0.495 e. The summed E-state index contributed by atoms with van der Waals surface area (Å²) in [5.41, 5.74) is 0.388. The molecule has 0 unspecified atom stereocenters. The molecule has 0 aromatic heterocycles. The van der Waals surface area contributed by atoms with Crippen LogP contribution in [-0.4, -0.2) is 37.9 Å². The molecule has 0 aliphatic rings. The van der Waals surface area contributed by atoms with E-state index < -0.39 is 12.0 Å². The summed E-state index contributed by atoms with van der Waals surface area (Å²) in [6.07, 6.45) is 0.348. The Labute approximate surface area is 127 Å². The second kappa shape index (κ2) is 8.21. The van der Waals surface area contributed by atoms with Crippen molar-refractivity contribution >= 4 is 29.3 Å². The Morgan fingerprint density at radius 2 is 1.90 bits per heavy atom. The second-order valence-electron chi connectivity index (χ2n) is 4.07. The second-order valence-corrected chi connectivity index (χ2v) is 4.47. The van der Waals surface area contributed by atoms with Gasteiger partial charge in [0.25, 0.3) is 0 Å². The number of hydrogen-bond acceptors (Lipinski definition) is 4. The molecular weight excluding hydrogens is 300 g/mol. The van der Waals surface area contributed by atoms with Gasteiger partial charge in [-0.1, -0.05) is 11.6 Å². The Morgan fingerprint density at radius 3 is 2.48 bits per heavy atom. The number of methoxy groups -OCH3 is 2. The van der Waals surface area contributed by atoms with Gasteiger partial charge < -0.3 is 25.2 Å². The molecule has 2 amide bonds. The molecule has 21 heavy (non-hydrogen) atoms. The van der Waals surface area contributed by atoms with Crippen molar-refractivity contribution < 1.29 is 24.2 Å². The maximum absolute atomic E-state index is 11.7. The predicted octanol–water partition coefficient (Wildman–Crippen LogP) is 2.34. The Balaban J connectivity index is 2.63. The van der Waals surface area contributed by atoms with E-state index in [1.54, 1.807) is 6.07 Å². The maximum Gasteiger partial charge on any atom is 0.319 e. The van der Waals surface area contributed by atoms with Crippen LogP contribution in [0.25, 0.3) is 0 Å². The highest BCUT2D eigenvalue weighted by Crippen LogP contribution is 2.35. The Kier molecular flexibility index (Phi) is 6.61. The molecule has 0 atom stereocenters. The first-order valence-corrected chi connectivity index (χ1v) is 6.54. The van der Waals surface area contributed by atoms with E-state index in [1.165, 1.54) is 20.3 Å². The fourth-order valence-electron chi connectivity index (χ4n) is 1.57. The first-order chi connectivity index (χ1) is 9.97. The molecule has 0 bridgehead atoms. The van der Waals surface area contributed by atoms with E-state index in [0.717, 1.165) is 0 Å². The zero-order chi connectivity index (χ0) is 15.8. The molecule has 0 fully saturated rings. The normalized spacial score (nSPS) is 9.86. The summed E-state index contributed by atoms with van der Waals surface area (Å²) in [5.74, 6) is -0.0707. The molecule has 0 saturated carbocycles. The Bertz CT molecular complexity index is 522. The van der Waals surface area contributed by atoms with E-state index in [0.29, 0.717) is 28.6 Å². The number of nitrogens with one attached hydrogen (secondary N) is 2. The van der Waals surface area contributed by atoms with E-state index in [4.69, 9.17) is 26.2 Å². The van der Waals surface area contributed by atoms with Crippen LogP contribution in [0.2, 0.25) is 5.02 Å².